The van der Waals surface area contributed by atoms with Gasteiger partial charge in [-0.25, -0.2) is 0 Å². The van der Waals surface area contributed by atoms with E-state index in [1.807, 2.05) is 30.3 Å². The molecule has 1 saturated heterocycles. The van der Waals surface area contributed by atoms with Crippen molar-refractivity contribution in [3.05, 3.63) is 81.8 Å². The van der Waals surface area contributed by atoms with E-state index in [0.717, 1.165) is 12.1 Å². The van der Waals surface area contributed by atoms with Gasteiger partial charge in [0.05, 0.1) is 5.56 Å². The summed E-state index contributed by atoms with van der Waals surface area (Å²) in [5.74, 6) is -0.186. The monoisotopic (exact) mass is 552 g/mol. The van der Waals surface area contributed by atoms with E-state index in [-0.39, 0.29) is 35.4 Å². The fourth-order valence-electron chi connectivity index (χ4n) is 5.12. The van der Waals surface area contributed by atoms with Crippen LogP contribution in [0.2, 0.25) is 0 Å². The van der Waals surface area contributed by atoms with Crippen LogP contribution in [0.4, 0.5) is 18.9 Å². The molecule has 1 fully saturated rings. The molecule has 3 heterocycles. The maximum atomic E-state index is 13.7. The van der Waals surface area contributed by atoms with Gasteiger partial charge >= 0.3 is 6.18 Å². The van der Waals surface area contributed by atoms with Gasteiger partial charge < -0.3 is 14.8 Å². The minimum absolute atomic E-state index is 0.0215. The van der Waals surface area contributed by atoms with E-state index < -0.39 is 17.6 Å². The van der Waals surface area contributed by atoms with Crippen LogP contribution in [0.3, 0.4) is 0 Å². The highest BCUT2D eigenvalue weighted by Gasteiger charge is 2.31. The third kappa shape index (κ3) is 5.33. The molecule has 4 aromatic rings. The Morgan fingerprint density at radius 2 is 1.68 bits per heavy atom. The molecule has 208 valence electrons. The molecule has 0 saturated carbocycles. The summed E-state index contributed by atoms with van der Waals surface area (Å²) in [5, 5.41) is 7.10. The van der Waals surface area contributed by atoms with Crippen molar-refractivity contribution in [3.8, 4) is 11.4 Å². The van der Waals surface area contributed by atoms with E-state index in [1.165, 1.54) is 23.6 Å². The normalized spacial score (nSPS) is 14.5. The number of hydrogen-bond acceptors (Lipinski definition) is 5. The van der Waals surface area contributed by atoms with Crippen molar-refractivity contribution in [3.63, 3.8) is 0 Å². The number of hydrogen-bond donors (Lipinski definition) is 1. The van der Waals surface area contributed by atoms with E-state index in [0.29, 0.717) is 48.6 Å². The van der Waals surface area contributed by atoms with Gasteiger partial charge in [0.15, 0.2) is 5.82 Å². The summed E-state index contributed by atoms with van der Waals surface area (Å²) in [5.41, 5.74) is 0.802. The third-order valence-corrected chi connectivity index (χ3v) is 7.23. The molecule has 0 unspecified atom stereocenters. The maximum absolute atomic E-state index is 13.7. The Bertz CT molecular complexity index is 1620. The van der Waals surface area contributed by atoms with E-state index in [9.17, 15) is 27.6 Å². The van der Waals surface area contributed by atoms with Gasteiger partial charge in [-0.15, -0.1) is 5.10 Å². The van der Waals surface area contributed by atoms with Gasteiger partial charge in [0.1, 0.15) is 6.54 Å². The lowest BCUT2D eigenvalue weighted by Gasteiger charge is -2.32. The van der Waals surface area contributed by atoms with Crippen LogP contribution >= 0.6 is 0 Å². The van der Waals surface area contributed by atoms with Crippen LogP contribution < -0.4 is 10.9 Å². The molecule has 40 heavy (non-hydrogen) atoms. The number of nitrogens with zero attached hydrogens (tertiary/aromatic N) is 5. The zero-order valence-corrected chi connectivity index (χ0v) is 21.9. The lowest BCUT2D eigenvalue weighted by molar-refractivity contribution is -0.137. The topological polar surface area (TPSA) is 102 Å². The fourth-order valence-corrected chi connectivity index (χ4v) is 5.12. The van der Waals surface area contributed by atoms with Crippen molar-refractivity contribution in [1.29, 1.82) is 0 Å². The average molecular weight is 553 g/mol. The van der Waals surface area contributed by atoms with Gasteiger partial charge in [-0.3, -0.25) is 14.4 Å². The van der Waals surface area contributed by atoms with E-state index >= 15 is 0 Å². The summed E-state index contributed by atoms with van der Waals surface area (Å²) < 4.78 is 41.6. The smallest absolute Gasteiger partial charge is 0.343 e. The first-order valence-corrected chi connectivity index (χ1v) is 12.8. The summed E-state index contributed by atoms with van der Waals surface area (Å²) in [6.45, 7) is 4.04. The summed E-state index contributed by atoms with van der Waals surface area (Å²) in [6.07, 6.45) is -3.32. The fraction of sp³-hybridized carbons (Fsp3) is 0.321. The quantitative estimate of drug-likeness (QED) is 0.399. The Balaban J connectivity index is 1.52. The minimum atomic E-state index is -4.48. The molecule has 2 aromatic heterocycles. The van der Waals surface area contributed by atoms with Crippen LogP contribution in [-0.4, -0.2) is 49.0 Å². The van der Waals surface area contributed by atoms with Crippen LogP contribution in [0.15, 0.2) is 59.4 Å². The highest BCUT2D eigenvalue weighted by atomic mass is 19.4. The van der Waals surface area contributed by atoms with Crippen molar-refractivity contribution in [2.24, 2.45) is 0 Å². The zero-order valence-electron chi connectivity index (χ0n) is 21.9. The Hall–Kier alpha value is -4.48. The number of amides is 2. The van der Waals surface area contributed by atoms with Crippen LogP contribution in [0.1, 0.15) is 42.5 Å². The molecule has 2 aromatic carbocycles. The van der Waals surface area contributed by atoms with Crippen molar-refractivity contribution in [2.75, 3.05) is 18.4 Å². The molecule has 5 rings (SSSR count). The second kappa shape index (κ2) is 10.6. The minimum Gasteiger partial charge on any atom is -0.343 e. The number of anilines is 1. The van der Waals surface area contributed by atoms with Gasteiger partial charge in [-0.1, -0.05) is 30.3 Å². The molecule has 12 heteroatoms. The predicted octanol–water partition coefficient (Wildman–Crippen LogP) is 4.25. The highest BCUT2D eigenvalue weighted by molar-refractivity contribution is 5.91. The molecular formula is C28H27F3N6O3. The number of alkyl halides is 3. The van der Waals surface area contributed by atoms with Crippen molar-refractivity contribution < 1.29 is 22.8 Å². The molecule has 0 bridgehead atoms. The predicted molar refractivity (Wildman–Crippen MR) is 142 cm³/mol. The molecule has 0 atom stereocenters. The summed E-state index contributed by atoms with van der Waals surface area (Å²) in [6, 6.07) is 13.3. The Morgan fingerprint density at radius 3 is 2.27 bits per heavy atom. The number of rotatable bonds is 5. The maximum Gasteiger partial charge on any atom is 0.416 e. The largest absolute Gasteiger partial charge is 0.416 e. The number of carbonyl (C=O) groups is 2. The van der Waals surface area contributed by atoms with Crippen molar-refractivity contribution in [1.82, 2.24) is 24.1 Å². The lowest BCUT2D eigenvalue weighted by atomic mass is 9.89. The second-order valence-corrected chi connectivity index (χ2v) is 9.81. The number of halogens is 3. The van der Waals surface area contributed by atoms with Crippen molar-refractivity contribution in [2.45, 2.75) is 45.3 Å². The molecule has 0 spiro atoms. The molecule has 1 aliphatic rings. The first-order chi connectivity index (χ1) is 19.0. The number of likely N-dealkylation sites (tertiary alicyclic amines) is 1. The Kier molecular flexibility index (Phi) is 7.17. The van der Waals surface area contributed by atoms with Gasteiger partial charge in [0.25, 0.3) is 5.56 Å². The van der Waals surface area contributed by atoms with E-state index in [2.05, 4.69) is 15.4 Å². The zero-order chi connectivity index (χ0) is 28.6. The van der Waals surface area contributed by atoms with E-state index in [4.69, 9.17) is 0 Å². The van der Waals surface area contributed by atoms with Crippen LogP contribution in [0.25, 0.3) is 17.2 Å². The third-order valence-electron chi connectivity index (χ3n) is 7.23. The van der Waals surface area contributed by atoms with Gasteiger partial charge in [-0.2, -0.15) is 22.7 Å². The first kappa shape index (κ1) is 27.1. The Labute approximate surface area is 227 Å². The molecular weight excluding hydrogens is 525 g/mol. The van der Waals surface area contributed by atoms with Gasteiger partial charge in [-0.05, 0) is 49.9 Å². The summed E-state index contributed by atoms with van der Waals surface area (Å²) >= 11 is 0. The van der Waals surface area contributed by atoms with Crippen LogP contribution in [0.5, 0.6) is 0 Å². The SMILES string of the molecule is CC(=O)N1CCC(c2c(C)n(CC(=O)Nc3ccc(C(F)(F)F)cc3)c3nc(-c4ccccc4)nn3c2=O)CC1. The van der Waals surface area contributed by atoms with Gasteiger partial charge in [0, 0.05) is 42.5 Å². The first-order valence-electron chi connectivity index (χ1n) is 12.8. The molecule has 1 N–H and O–H groups in total. The second-order valence-electron chi connectivity index (χ2n) is 9.81. The molecule has 0 radical (unpaired) electrons. The number of piperidine rings is 1. The number of carbonyl (C=O) groups excluding carboxylic acids is 2. The summed E-state index contributed by atoms with van der Waals surface area (Å²) in [7, 11) is 0. The van der Waals surface area contributed by atoms with Crippen molar-refractivity contribution >= 4 is 23.3 Å². The van der Waals surface area contributed by atoms with Gasteiger partial charge in [0.2, 0.25) is 17.6 Å². The average Bonchev–Trinajstić information content (AvgIpc) is 3.38. The summed E-state index contributed by atoms with van der Waals surface area (Å²) in [4.78, 5) is 45.0. The molecule has 1 aliphatic heterocycles. The number of aromatic nitrogens is 4. The van der Waals surface area contributed by atoms with Crippen LogP contribution in [0, 0.1) is 6.92 Å². The molecule has 0 aliphatic carbocycles. The number of nitrogens with one attached hydrogen (secondary N) is 1. The number of fused-ring (bicyclic) bond motifs is 1. The van der Waals surface area contributed by atoms with Crippen LogP contribution in [-0.2, 0) is 22.3 Å². The molecule has 2 amide bonds. The Morgan fingerprint density at radius 1 is 1.02 bits per heavy atom. The highest BCUT2D eigenvalue weighted by Crippen LogP contribution is 2.31. The number of benzene rings is 2. The lowest BCUT2D eigenvalue weighted by Crippen LogP contribution is -2.39. The van der Waals surface area contributed by atoms with E-state index in [1.54, 1.807) is 16.4 Å². The standard InChI is InChI=1S/C28H27F3N6O3/c1-17-24(19-12-14-35(15-13-19)18(2)38)26(40)37-27(33-25(34-37)20-6-4-3-5-7-20)36(17)16-23(39)32-22-10-8-21(9-11-22)28(29,30)31/h3-11,19H,12-16H2,1-2H3,(H,32,39). The molecule has 9 nitrogen and oxygen atoms in total.